The van der Waals surface area contributed by atoms with E-state index in [1.807, 2.05) is 0 Å². The Kier molecular flexibility index (Phi) is 2.53. The van der Waals surface area contributed by atoms with E-state index in [0.717, 1.165) is 24.9 Å². The van der Waals surface area contributed by atoms with E-state index in [4.69, 9.17) is 4.52 Å². The van der Waals surface area contributed by atoms with Gasteiger partial charge in [-0.05, 0) is 43.7 Å². The Hall–Kier alpha value is -1.10. The van der Waals surface area contributed by atoms with Gasteiger partial charge in [-0.15, -0.1) is 0 Å². The van der Waals surface area contributed by atoms with Crippen LogP contribution in [0.5, 0.6) is 0 Å². The predicted octanol–water partition coefficient (Wildman–Crippen LogP) is 1.67. The summed E-state index contributed by atoms with van der Waals surface area (Å²) in [5.41, 5.74) is 0. The molecule has 3 unspecified atom stereocenters. The van der Waals surface area contributed by atoms with Gasteiger partial charge in [0, 0.05) is 25.2 Å². The summed E-state index contributed by atoms with van der Waals surface area (Å²) in [5, 5.41) is 7.80. The van der Waals surface area contributed by atoms with Gasteiger partial charge in [-0.2, -0.15) is 4.98 Å². The molecule has 5 heteroatoms. The lowest BCUT2D eigenvalue weighted by Crippen LogP contribution is -2.30. The molecule has 18 heavy (non-hydrogen) atoms. The van der Waals surface area contributed by atoms with Gasteiger partial charge in [-0.3, -0.25) is 0 Å². The van der Waals surface area contributed by atoms with Gasteiger partial charge in [-0.1, -0.05) is 0 Å². The molecule has 0 spiro atoms. The van der Waals surface area contributed by atoms with Crippen molar-refractivity contribution in [2.75, 3.05) is 18.0 Å². The third-order valence-electron chi connectivity index (χ3n) is 4.69. The molecule has 5 nitrogen and oxygen atoms in total. The molecule has 0 aromatic carbocycles. The third kappa shape index (κ3) is 1.72. The summed E-state index contributed by atoms with van der Waals surface area (Å²) in [6.45, 7) is 2.15. The highest BCUT2D eigenvalue weighted by molar-refractivity contribution is 5.29. The van der Waals surface area contributed by atoms with Gasteiger partial charge in [-0.25, -0.2) is 0 Å². The maximum atomic E-state index is 5.51. The normalized spacial score (nSPS) is 35.3. The lowest BCUT2D eigenvalue weighted by molar-refractivity contribution is 0.328. The molecule has 1 aromatic rings. The SMILES string of the molecule is C1CCN(c2noc(C3CC4CCC3N4)n2)CC1. The van der Waals surface area contributed by atoms with E-state index in [-0.39, 0.29) is 0 Å². The van der Waals surface area contributed by atoms with E-state index in [9.17, 15) is 0 Å². The third-order valence-corrected chi connectivity index (χ3v) is 4.69. The van der Waals surface area contributed by atoms with Crippen molar-refractivity contribution in [3.63, 3.8) is 0 Å². The van der Waals surface area contributed by atoms with E-state index in [0.29, 0.717) is 18.0 Å². The number of fused-ring (bicyclic) bond motifs is 2. The summed E-state index contributed by atoms with van der Waals surface area (Å²) in [4.78, 5) is 6.90. The fourth-order valence-corrected chi connectivity index (χ4v) is 3.70. The zero-order chi connectivity index (χ0) is 11.9. The summed E-state index contributed by atoms with van der Waals surface area (Å²) in [6, 6.07) is 1.26. The molecule has 0 radical (unpaired) electrons. The van der Waals surface area contributed by atoms with Gasteiger partial charge in [0.2, 0.25) is 5.89 Å². The standard InChI is InChI=1S/C13H20N4O/c1-2-6-17(7-3-1)13-15-12(18-16-13)10-8-9-4-5-11(10)14-9/h9-11,14H,1-8H2. The van der Waals surface area contributed by atoms with Gasteiger partial charge < -0.3 is 14.7 Å². The van der Waals surface area contributed by atoms with Gasteiger partial charge >= 0.3 is 0 Å². The first-order valence-corrected chi connectivity index (χ1v) is 7.25. The van der Waals surface area contributed by atoms with Gasteiger partial charge in [0.05, 0.1) is 5.92 Å². The highest BCUT2D eigenvalue weighted by atomic mass is 16.5. The van der Waals surface area contributed by atoms with Crippen LogP contribution in [0, 0.1) is 0 Å². The van der Waals surface area contributed by atoms with E-state index in [2.05, 4.69) is 20.4 Å². The Balaban J connectivity index is 1.51. The van der Waals surface area contributed by atoms with Crippen molar-refractivity contribution in [1.29, 1.82) is 0 Å². The van der Waals surface area contributed by atoms with Crippen molar-refractivity contribution >= 4 is 5.95 Å². The highest BCUT2D eigenvalue weighted by Crippen LogP contribution is 2.39. The smallest absolute Gasteiger partial charge is 0.266 e. The van der Waals surface area contributed by atoms with Gasteiger partial charge in [0.15, 0.2) is 0 Å². The summed E-state index contributed by atoms with van der Waals surface area (Å²) in [7, 11) is 0. The Labute approximate surface area is 107 Å². The van der Waals surface area contributed by atoms with Crippen molar-refractivity contribution in [3.05, 3.63) is 5.89 Å². The lowest BCUT2D eigenvalue weighted by Gasteiger charge is -2.24. The first-order chi connectivity index (χ1) is 8.90. The number of aromatic nitrogens is 2. The van der Waals surface area contributed by atoms with Crippen molar-refractivity contribution in [2.45, 2.75) is 56.5 Å². The van der Waals surface area contributed by atoms with Gasteiger partial charge in [0.1, 0.15) is 0 Å². The Morgan fingerprint density at radius 3 is 2.78 bits per heavy atom. The Morgan fingerprint density at radius 2 is 2.06 bits per heavy atom. The van der Waals surface area contributed by atoms with E-state index < -0.39 is 0 Å². The minimum Gasteiger partial charge on any atom is -0.338 e. The Morgan fingerprint density at radius 1 is 1.17 bits per heavy atom. The number of rotatable bonds is 2. The molecule has 3 aliphatic rings. The summed E-state index contributed by atoms with van der Waals surface area (Å²) >= 11 is 0. The van der Waals surface area contributed by atoms with E-state index in [1.54, 1.807) is 0 Å². The number of hydrogen-bond acceptors (Lipinski definition) is 5. The maximum absolute atomic E-state index is 5.51. The number of anilines is 1. The molecule has 3 atom stereocenters. The predicted molar refractivity (Wildman–Crippen MR) is 67.7 cm³/mol. The number of piperidine rings is 1. The van der Waals surface area contributed by atoms with Crippen LogP contribution in [0.2, 0.25) is 0 Å². The van der Waals surface area contributed by atoms with Crippen molar-refractivity contribution in [3.8, 4) is 0 Å². The molecule has 3 aliphatic heterocycles. The van der Waals surface area contributed by atoms with Crippen LogP contribution in [0.25, 0.3) is 0 Å². The molecule has 3 fully saturated rings. The van der Waals surface area contributed by atoms with Crippen molar-refractivity contribution in [1.82, 2.24) is 15.5 Å². The van der Waals surface area contributed by atoms with Crippen molar-refractivity contribution < 1.29 is 4.52 Å². The number of nitrogens with zero attached hydrogens (tertiary/aromatic N) is 3. The van der Waals surface area contributed by atoms with Crippen LogP contribution in [0.4, 0.5) is 5.95 Å². The van der Waals surface area contributed by atoms with E-state index >= 15 is 0 Å². The summed E-state index contributed by atoms with van der Waals surface area (Å²) in [5.74, 6) is 2.12. The van der Waals surface area contributed by atoms with Crippen LogP contribution in [0.15, 0.2) is 4.52 Å². The topological polar surface area (TPSA) is 54.2 Å². The lowest BCUT2D eigenvalue weighted by atomic mass is 9.89. The molecule has 0 amide bonds. The summed E-state index contributed by atoms with van der Waals surface area (Å²) < 4.78 is 5.51. The first-order valence-electron chi connectivity index (χ1n) is 7.25. The van der Waals surface area contributed by atoms with Crippen LogP contribution in [-0.2, 0) is 0 Å². The van der Waals surface area contributed by atoms with Crippen LogP contribution in [-0.4, -0.2) is 35.3 Å². The second kappa shape index (κ2) is 4.23. The maximum Gasteiger partial charge on any atom is 0.266 e. The Bertz CT molecular complexity index is 426. The molecule has 98 valence electrons. The van der Waals surface area contributed by atoms with E-state index in [1.165, 1.54) is 38.5 Å². The molecule has 0 saturated carbocycles. The van der Waals surface area contributed by atoms with Crippen LogP contribution in [0.1, 0.15) is 50.3 Å². The van der Waals surface area contributed by atoms with Crippen LogP contribution in [0.3, 0.4) is 0 Å². The minimum absolute atomic E-state index is 0.454. The molecule has 1 N–H and O–H groups in total. The molecule has 4 heterocycles. The first kappa shape index (κ1) is 10.8. The fourth-order valence-electron chi connectivity index (χ4n) is 3.70. The zero-order valence-corrected chi connectivity index (χ0v) is 10.6. The molecular weight excluding hydrogens is 228 g/mol. The van der Waals surface area contributed by atoms with Crippen LogP contribution < -0.4 is 10.2 Å². The molecule has 0 aliphatic carbocycles. The fraction of sp³-hybridized carbons (Fsp3) is 0.846. The molecular formula is C13H20N4O. The largest absolute Gasteiger partial charge is 0.338 e. The minimum atomic E-state index is 0.454. The average Bonchev–Trinajstić information content (AvgIpc) is 3.15. The monoisotopic (exact) mass is 248 g/mol. The second-order valence-corrected chi connectivity index (χ2v) is 5.87. The molecule has 2 bridgehead atoms. The second-order valence-electron chi connectivity index (χ2n) is 5.87. The van der Waals surface area contributed by atoms with Gasteiger partial charge in [0.25, 0.3) is 5.95 Å². The molecule has 1 aromatic heterocycles. The average molecular weight is 248 g/mol. The number of nitrogens with one attached hydrogen (secondary N) is 1. The van der Waals surface area contributed by atoms with Crippen molar-refractivity contribution in [2.24, 2.45) is 0 Å². The highest BCUT2D eigenvalue weighted by Gasteiger charge is 2.42. The molecule has 4 rings (SSSR count). The molecule has 3 saturated heterocycles. The summed E-state index contributed by atoms with van der Waals surface area (Å²) in [6.07, 6.45) is 7.58. The van der Waals surface area contributed by atoms with Crippen LogP contribution >= 0.6 is 0 Å². The number of hydrogen-bond donors (Lipinski definition) is 1. The zero-order valence-electron chi connectivity index (χ0n) is 10.6. The quantitative estimate of drug-likeness (QED) is 0.862.